The van der Waals surface area contributed by atoms with Crippen molar-refractivity contribution in [1.29, 1.82) is 0 Å². The Kier molecular flexibility index (Phi) is 61.7. The second kappa shape index (κ2) is 64.5. The van der Waals surface area contributed by atoms with Gasteiger partial charge in [0.2, 0.25) is 0 Å². The number of carboxylic acid groups (broad SMARTS) is 1. The number of rotatable bonds is 64. The molecule has 2 unspecified atom stereocenters. The fraction of sp³-hybridized carbons (Fsp3) is 0.770. The Hall–Kier alpha value is -3.53. The zero-order valence-corrected chi connectivity index (χ0v) is 54.8. The summed E-state index contributed by atoms with van der Waals surface area (Å²) in [4.78, 5) is 37.6. The number of likely N-dealkylation sites (N-methyl/N-ethyl adjacent to an activating group) is 1. The van der Waals surface area contributed by atoms with Crippen molar-refractivity contribution in [3.63, 3.8) is 0 Å². The van der Waals surface area contributed by atoms with Gasteiger partial charge in [0.05, 0.1) is 34.4 Å². The van der Waals surface area contributed by atoms with E-state index in [1.54, 1.807) is 0 Å². The molecule has 0 radical (unpaired) electrons. The average molecular weight is 1160 g/mol. The number of unbranched alkanes of at least 4 members (excludes halogenated alkanes) is 35. The molecule has 480 valence electrons. The van der Waals surface area contributed by atoms with Gasteiger partial charge in [-0.25, -0.2) is 4.79 Å². The van der Waals surface area contributed by atoms with Crippen LogP contribution in [0.4, 0.5) is 0 Å². The van der Waals surface area contributed by atoms with Crippen molar-refractivity contribution in [3.05, 3.63) is 85.1 Å². The van der Waals surface area contributed by atoms with Crippen LogP contribution in [0.3, 0.4) is 0 Å². The summed E-state index contributed by atoms with van der Waals surface area (Å²) < 4.78 is 23.0. The molecular formula is C74H132NO8+. The molecule has 0 heterocycles. The largest absolute Gasteiger partial charge is 0.477 e. The van der Waals surface area contributed by atoms with Gasteiger partial charge in [-0.1, -0.05) is 311 Å². The maximum atomic E-state index is 12.9. The summed E-state index contributed by atoms with van der Waals surface area (Å²) in [5.41, 5.74) is 0. The molecule has 0 bridgehead atoms. The van der Waals surface area contributed by atoms with Gasteiger partial charge in [0, 0.05) is 12.8 Å². The highest BCUT2D eigenvalue weighted by Crippen LogP contribution is 2.18. The van der Waals surface area contributed by atoms with E-state index in [-0.39, 0.29) is 32.2 Å². The number of carbonyl (C=O) groups excluding carboxylic acids is 2. The van der Waals surface area contributed by atoms with Crippen LogP contribution in [0.15, 0.2) is 85.1 Å². The topological polar surface area (TPSA) is 108 Å². The molecule has 0 aliphatic carbocycles. The van der Waals surface area contributed by atoms with E-state index in [0.29, 0.717) is 17.4 Å². The van der Waals surface area contributed by atoms with Crippen molar-refractivity contribution < 1.29 is 42.9 Å². The number of ether oxygens (including phenoxy) is 4. The third-order valence-electron chi connectivity index (χ3n) is 15.2. The molecule has 0 saturated carbocycles. The molecule has 1 N–H and O–H groups in total. The normalized spacial score (nSPS) is 13.2. The van der Waals surface area contributed by atoms with Crippen molar-refractivity contribution in [2.45, 2.75) is 322 Å². The number of esters is 2. The van der Waals surface area contributed by atoms with E-state index in [2.05, 4.69) is 98.9 Å². The van der Waals surface area contributed by atoms with Crippen molar-refractivity contribution in [3.8, 4) is 0 Å². The molecule has 9 heteroatoms. The Bertz CT molecular complexity index is 1640. The zero-order chi connectivity index (χ0) is 60.5. The number of carboxylic acids is 1. The van der Waals surface area contributed by atoms with Crippen LogP contribution in [0.1, 0.15) is 309 Å². The number of allylic oxidation sites excluding steroid dienone is 14. The lowest BCUT2D eigenvalue weighted by atomic mass is 10.0. The molecule has 9 nitrogen and oxygen atoms in total. The molecule has 0 fully saturated rings. The first-order chi connectivity index (χ1) is 40.6. The highest BCUT2D eigenvalue weighted by atomic mass is 16.7. The van der Waals surface area contributed by atoms with E-state index in [0.717, 1.165) is 83.5 Å². The van der Waals surface area contributed by atoms with Crippen LogP contribution in [0.5, 0.6) is 0 Å². The number of aliphatic carboxylic acids is 1. The van der Waals surface area contributed by atoms with Crippen molar-refractivity contribution in [2.75, 3.05) is 47.5 Å². The molecule has 0 spiro atoms. The average Bonchev–Trinajstić information content (AvgIpc) is 3.46. The van der Waals surface area contributed by atoms with Crippen LogP contribution in [0, 0.1) is 0 Å². The van der Waals surface area contributed by atoms with E-state index in [9.17, 15) is 19.5 Å². The summed E-state index contributed by atoms with van der Waals surface area (Å²) in [6.45, 7) is 4.81. The molecule has 83 heavy (non-hydrogen) atoms. The van der Waals surface area contributed by atoms with Gasteiger partial charge < -0.3 is 28.5 Å². The first-order valence-corrected chi connectivity index (χ1v) is 34.8. The molecule has 0 aromatic rings. The number of hydrogen-bond donors (Lipinski definition) is 1. The molecule has 0 rings (SSSR count). The van der Waals surface area contributed by atoms with E-state index >= 15 is 0 Å². The minimum absolute atomic E-state index is 0.179. The van der Waals surface area contributed by atoms with Crippen molar-refractivity contribution in [2.24, 2.45) is 0 Å². The number of carbonyl (C=O) groups is 3. The number of quaternary nitrogens is 1. The highest BCUT2D eigenvalue weighted by molar-refractivity contribution is 5.71. The molecule has 0 aromatic heterocycles. The Morgan fingerprint density at radius 3 is 1.02 bits per heavy atom. The van der Waals surface area contributed by atoms with Gasteiger partial charge in [-0.3, -0.25) is 9.59 Å². The highest BCUT2D eigenvalue weighted by Gasteiger charge is 2.25. The SMILES string of the molecule is CC/C=C\C/C=C\C/C=C\C/C=C\C/C=C\C/C=C\C/C=C\CCCCCCCCCCCCCCCCCCCC(=O)OC(COC(=O)CCCCCCCCCCCCCCCCCCCCC)COC(OCC[N+](C)(C)C)C(=O)O. The Balaban J connectivity index is 4.04. The standard InChI is InChI=1S/C74H131NO8/c1-6-8-10-12-14-16-18-20-22-24-26-27-28-29-30-31-32-33-34-35-36-37-38-39-40-41-42-43-44-45-47-49-51-53-55-57-59-61-63-65-72(77)83-70(69-82-74(73(78)79)80-67-66-75(3,4)5)68-81-71(76)64-62-60-58-56-54-52-50-48-46-25-23-21-19-17-15-13-11-9-7-2/h8,10,14,16,20,22,26-27,29-30,32-33,35-36,70,74H,6-7,9,11-13,15,17-19,21,23-25,28,31,34,37-69H2,1-5H3/p+1/b10-8-,16-14-,22-20-,27-26-,30-29-,33-32-,36-35-. The fourth-order valence-corrected chi connectivity index (χ4v) is 9.88. The summed E-state index contributed by atoms with van der Waals surface area (Å²) >= 11 is 0. The summed E-state index contributed by atoms with van der Waals surface area (Å²) in [6.07, 6.45) is 84.1. The summed E-state index contributed by atoms with van der Waals surface area (Å²) in [6, 6.07) is 0. The zero-order valence-electron chi connectivity index (χ0n) is 54.8. The third-order valence-corrected chi connectivity index (χ3v) is 15.2. The van der Waals surface area contributed by atoms with Crippen LogP contribution < -0.4 is 0 Å². The maximum absolute atomic E-state index is 12.9. The lowest BCUT2D eigenvalue weighted by Crippen LogP contribution is -2.40. The monoisotopic (exact) mass is 1160 g/mol. The van der Waals surface area contributed by atoms with Gasteiger partial charge in [0.15, 0.2) is 6.10 Å². The molecule has 2 atom stereocenters. The van der Waals surface area contributed by atoms with Gasteiger partial charge in [-0.15, -0.1) is 0 Å². The summed E-state index contributed by atoms with van der Waals surface area (Å²) in [5, 5.41) is 9.74. The van der Waals surface area contributed by atoms with Gasteiger partial charge in [0.25, 0.3) is 6.29 Å². The van der Waals surface area contributed by atoms with Gasteiger partial charge >= 0.3 is 17.9 Å². The van der Waals surface area contributed by atoms with Crippen molar-refractivity contribution in [1.82, 2.24) is 0 Å². The van der Waals surface area contributed by atoms with E-state index in [1.165, 1.54) is 199 Å². The Morgan fingerprint density at radius 2 is 0.687 bits per heavy atom. The van der Waals surface area contributed by atoms with Crippen LogP contribution in [0.2, 0.25) is 0 Å². The van der Waals surface area contributed by atoms with Gasteiger partial charge in [-0.2, -0.15) is 0 Å². The smallest absolute Gasteiger partial charge is 0.361 e. The van der Waals surface area contributed by atoms with Gasteiger partial charge in [0.1, 0.15) is 13.2 Å². The minimum Gasteiger partial charge on any atom is -0.477 e. The molecule has 0 amide bonds. The molecular weight excluding hydrogens is 1030 g/mol. The van der Waals surface area contributed by atoms with Crippen molar-refractivity contribution >= 4 is 17.9 Å². The lowest BCUT2D eigenvalue weighted by Gasteiger charge is -2.25. The number of nitrogens with zero attached hydrogens (tertiary/aromatic N) is 1. The van der Waals surface area contributed by atoms with Crippen LogP contribution >= 0.6 is 0 Å². The predicted octanol–water partition coefficient (Wildman–Crippen LogP) is 21.5. The second-order valence-electron chi connectivity index (χ2n) is 24.5. The maximum Gasteiger partial charge on any atom is 0.361 e. The quantitative estimate of drug-likeness (QED) is 0.0211. The van der Waals surface area contributed by atoms with Crippen LogP contribution in [-0.4, -0.2) is 87.4 Å². The van der Waals surface area contributed by atoms with Gasteiger partial charge in [-0.05, 0) is 70.6 Å². The first kappa shape index (κ1) is 79.5. The van der Waals surface area contributed by atoms with E-state index in [1.807, 2.05) is 21.1 Å². The Labute approximate surface area is 512 Å². The van der Waals surface area contributed by atoms with E-state index in [4.69, 9.17) is 18.9 Å². The molecule has 0 aromatic carbocycles. The van der Waals surface area contributed by atoms with E-state index < -0.39 is 24.3 Å². The molecule has 0 saturated heterocycles. The summed E-state index contributed by atoms with van der Waals surface area (Å²) in [7, 11) is 5.98. The van der Waals surface area contributed by atoms with Crippen LogP contribution in [0.25, 0.3) is 0 Å². The predicted molar refractivity (Wildman–Crippen MR) is 355 cm³/mol. The molecule has 0 aliphatic heterocycles. The summed E-state index contributed by atoms with van der Waals surface area (Å²) in [5.74, 6) is -1.99. The first-order valence-electron chi connectivity index (χ1n) is 34.8. The third kappa shape index (κ3) is 65.9. The number of hydrogen-bond acceptors (Lipinski definition) is 7. The van der Waals surface area contributed by atoms with Crippen LogP contribution in [-0.2, 0) is 33.3 Å². The second-order valence-corrected chi connectivity index (χ2v) is 24.5. The minimum atomic E-state index is -1.51. The Morgan fingerprint density at radius 1 is 0.373 bits per heavy atom. The lowest BCUT2D eigenvalue weighted by molar-refractivity contribution is -0.870. The molecule has 0 aliphatic rings. The fourth-order valence-electron chi connectivity index (χ4n) is 9.88.